The lowest BCUT2D eigenvalue weighted by Crippen LogP contribution is -2.36. The van der Waals surface area contributed by atoms with Crippen LogP contribution < -0.4 is 10.6 Å². The van der Waals surface area contributed by atoms with Crippen molar-refractivity contribution in [3.8, 4) is 0 Å². The first kappa shape index (κ1) is 16.2. The maximum absolute atomic E-state index is 11.9. The Balaban J connectivity index is 2.33. The molecule has 2 N–H and O–H groups in total. The van der Waals surface area contributed by atoms with Crippen molar-refractivity contribution >= 4 is 15.7 Å². The fraction of sp³-hybridized carbons (Fsp3) is 0.769. The minimum absolute atomic E-state index is 0.0111. The molecule has 0 saturated heterocycles. The van der Waals surface area contributed by atoms with Crippen LogP contribution >= 0.6 is 0 Å². The number of carbonyl (C=O) groups excluding carboxylic acids is 1. The summed E-state index contributed by atoms with van der Waals surface area (Å²) in [5.41, 5.74) is 1.12. The summed E-state index contributed by atoms with van der Waals surface area (Å²) in [4.78, 5) is 11.7. The first-order chi connectivity index (χ1) is 8.72. The number of hydrogen-bond acceptors (Lipinski definition) is 4. The summed E-state index contributed by atoms with van der Waals surface area (Å²) < 4.78 is 22.9. The van der Waals surface area contributed by atoms with Crippen LogP contribution in [0.4, 0.5) is 0 Å². The molecule has 1 rings (SSSR count). The van der Waals surface area contributed by atoms with E-state index in [2.05, 4.69) is 10.6 Å². The molecule has 0 aromatic rings. The number of hydrogen-bond donors (Lipinski definition) is 2. The van der Waals surface area contributed by atoms with Gasteiger partial charge in [-0.2, -0.15) is 0 Å². The second kappa shape index (κ2) is 6.52. The van der Waals surface area contributed by atoms with Crippen LogP contribution in [0.3, 0.4) is 0 Å². The largest absolute Gasteiger partial charge is 0.355 e. The summed E-state index contributed by atoms with van der Waals surface area (Å²) >= 11 is 0. The van der Waals surface area contributed by atoms with Gasteiger partial charge in [-0.05, 0) is 33.7 Å². The molecule has 19 heavy (non-hydrogen) atoms. The summed E-state index contributed by atoms with van der Waals surface area (Å²) in [7, 11) is -3.17. The van der Waals surface area contributed by atoms with Gasteiger partial charge in [0.2, 0.25) is 5.91 Å². The van der Waals surface area contributed by atoms with E-state index in [1.165, 1.54) is 0 Å². The van der Waals surface area contributed by atoms with Crippen LogP contribution in [0.1, 0.15) is 33.6 Å². The molecule has 0 spiro atoms. The van der Waals surface area contributed by atoms with Gasteiger partial charge in [0.1, 0.15) is 0 Å². The van der Waals surface area contributed by atoms with Crippen molar-refractivity contribution in [1.29, 1.82) is 0 Å². The van der Waals surface area contributed by atoms with Gasteiger partial charge in [-0.3, -0.25) is 4.79 Å². The Morgan fingerprint density at radius 3 is 2.63 bits per heavy atom. The molecule has 0 atom stereocenters. The van der Waals surface area contributed by atoms with E-state index in [0.29, 0.717) is 6.42 Å². The molecule has 0 bridgehead atoms. The van der Waals surface area contributed by atoms with Crippen molar-refractivity contribution < 1.29 is 13.2 Å². The van der Waals surface area contributed by atoms with E-state index in [9.17, 15) is 13.2 Å². The van der Waals surface area contributed by atoms with Crippen molar-refractivity contribution in [3.05, 3.63) is 11.6 Å². The van der Waals surface area contributed by atoms with Crippen LogP contribution in [0.5, 0.6) is 0 Å². The Labute approximate surface area is 115 Å². The normalized spacial score (nSPS) is 16.9. The zero-order valence-electron chi connectivity index (χ0n) is 12.0. The Morgan fingerprint density at radius 2 is 2.11 bits per heavy atom. The number of nitrogens with one attached hydrogen (secondary N) is 2. The molecular formula is C13H24N2O3S. The molecule has 0 radical (unpaired) electrons. The van der Waals surface area contributed by atoms with E-state index in [1.807, 2.05) is 6.08 Å². The first-order valence-electron chi connectivity index (χ1n) is 6.60. The van der Waals surface area contributed by atoms with Gasteiger partial charge >= 0.3 is 0 Å². The summed E-state index contributed by atoms with van der Waals surface area (Å²) in [6.07, 6.45) is 3.28. The van der Waals surface area contributed by atoms with Gasteiger partial charge in [-0.25, -0.2) is 8.42 Å². The van der Waals surface area contributed by atoms with Gasteiger partial charge in [0.15, 0.2) is 9.84 Å². The Hall–Kier alpha value is -0.880. The van der Waals surface area contributed by atoms with E-state index in [0.717, 1.165) is 25.1 Å². The topological polar surface area (TPSA) is 75.3 Å². The smallest absolute Gasteiger partial charge is 0.224 e. The molecule has 0 saturated carbocycles. The number of sulfone groups is 1. The van der Waals surface area contributed by atoms with Crippen LogP contribution in [0, 0.1) is 0 Å². The van der Waals surface area contributed by atoms with Gasteiger partial charge in [-0.1, -0.05) is 11.6 Å². The highest BCUT2D eigenvalue weighted by Gasteiger charge is 2.28. The summed E-state index contributed by atoms with van der Waals surface area (Å²) in [6.45, 7) is 6.90. The first-order valence-corrected chi connectivity index (χ1v) is 8.25. The minimum Gasteiger partial charge on any atom is -0.355 e. The molecule has 5 nitrogen and oxygen atoms in total. The Bertz CT molecular complexity index is 447. The molecule has 1 amide bonds. The highest BCUT2D eigenvalue weighted by molar-refractivity contribution is 7.92. The number of rotatable bonds is 5. The molecule has 6 heteroatoms. The lowest BCUT2D eigenvalue weighted by Gasteiger charge is -2.19. The average Bonchev–Trinajstić information content (AvgIpc) is 2.28. The maximum atomic E-state index is 11.9. The lowest BCUT2D eigenvalue weighted by molar-refractivity contribution is -0.120. The fourth-order valence-electron chi connectivity index (χ4n) is 1.73. The van der Waals surface area contributed by atoms with Crippen LogP contribution in [0.2, 0.25) is 0 Å². The molecule has 0 aromatic heterocycles. The monoisotopic (exact) mass is 288 g/mol. The molecule has 1 heterocycles. The predicted octanol–water partition coefficient (Wildman–Crippen LogP) is 0.626. The molecule has 0 unspecified atom stereocenters. The van der Waals surface area contributed by atoms with Crippen molar-refractivity contribution in [3.63, 3.8) is 0 Å². The number of carbonyl (C=O) groups is 1. The second-order valence-electron chi connectivity index (χ2n) is 5.77. The minimum atomic E-state index is -3.17. The maximum Gasteiger partial charge on any atom is 0.224 e. The predicted molar refractivity (Wildman–Crippen MR) is 76.7 cm³/mol. The number of amides is 1. The summed E-state index contributed by atoms with van der Waals surface area (Å²) in [5.74, 6) is -0.111. The van der Waals surface area contributed by atoms with Gasteiger partial charge in [0.25, 0.3) is 0 Å². The van der Waals surface area contributed by atoms with Crippen LogP contribution in [0.25, 0.3) is 0 Å². The third kappa shape index (κ3) is 5.32. The highest BCUT2D eigenvalue weighted by atomic mass is 32.2. The van der Waals surface area contributed by atoms with Crippen LogP contribution in [0.15, 0.2) is 11.6 Å². The van der Waals surface area contributed by atoms with E-state index in [4.69, 9.17) is 0 Å². The molecule has 0 aromatic carbocycles. The molecule has 1 aliphatic rings. The lowest BCUT2D eigenvalue weighted by atomic mass is 10.1. The zero-order valence-corrected chi connectivity index (χ0v) is 12.8. The summed E-state index contributed by atoms with van der Waals surface area (Å²) in [6, 6.07) is 0. The van der Waals surface area contributed by atoms with E-state index >= 15 is 0 Å². The molecule has 110 valence electrons. The Kier molecular flexibility index (Phi) is 5.55. The fourth-order valence-corrected chi connectivity index (χ4v) is 2.71. The van der Waals surface area contributed by atoms with Crippen molar-refractivity contribution in [2.24, 2.45) is 0 Å². The van der Waals surface area contributed by atoms with E-state index < -0.39 is 14.6 Å². The second-order valence-corrected chi connectivity index (χ2v) is 8.64. The molecule has 1 aliphatic heterocycles. The third-order valence-corrected chi connectivity index (χ3v) is 5.78. The quantitative estimate of drug-likeness (QED) is 0.728. The van der Waals surface area contributed by atoms with Crippen LogP contribution in [-0.4, -0.2) is 44.5 Å². The van der Waals surface area contributed by atoms with Crippen molar-refractivity contribution in [1.82, 2.24) is 10.6 Å². The average molecular weight is 288 g/mol. The molecular weight excluding hydrogens is 264 g/mol. The molecule has 0 fully saturated rings. The van der Waals surface area contributed by atoms with Crippen molar-refractivity contribution in [2.75, 3.05) is 25.4 Å². The van der Waals surface area contributed by atoms with E-state index in [1.54, 1.807) is 20.8 Å². The third-order valence-electron chi connectivity index (χ3n) is 3.17. The SMILES string of the molecule is CC(C)(C)S(=O)(=O)CCNC(=O)CC1=CCNCC1. The van der Waals surface area contributed by atoms with Crippen molar-refractivity contribution in [2.45, 2.75) is 38.4 Å². The standard InChI is InChI=1S/C13H24N2O3S/c1-13(2,3)19(17,18)9-8-15-12(16)10-11-4-6-14-7-5-11/h4,14H,5-10H2,1-3H3,(H,15,16). The van der Waals surface area contributed by atoms with Gasteiger partial charge in [0, 0.05) is 19.5 Å². The van der Waals surface area contributed by atoms with Crippen LogP contribution in [-0.2, 0) is 14.6 Å². The van der Waals surface area contributed by atoms with Gasteiger partial charge in [-0.15, -0.1) is 0 Å². The Morgan fingerprint density at radius 1 is 1.42 bits per heavy atom. The van der Waals surface area contributed by atoms with E-state index in [-0.39, 0.29) is 18.2 Å². The highest BCUT2D eigenvalue weighted by Crippen LogP contribution is 2.15. The van der Waals surface area contributed by atoms with Gasteiger partial charge < -0.3 is 10.6 Å². The van der Waals surface area contributed by atoms with Gasteiger partial charge in [0.05, 0.1) is 10.5 Å². The molecule has 0 aliphatic carbocycles. The zero-order chi connectivity index (χ0) is 14.5. The summed E-state index contributed by atoms with van der Waals surface area (Å²) in [5, 5.41) is 5.86.